The van der Waals surface area contributed by atoms with Crippen LogP contribution in [0.15, 0.2) is 33.7 Å². The Kier molecular flexibility index (Phi) is 2.87. The van der Waals surface area contributed by atoms with E-state index in [0.717, 1.165) is 14.6 Å². The molecular formula is C9H6BrIN2O. The summed E-state index contributed by atoms with van der Waals surface area (Å²) in [5.41, 5.74) is 1.47. The van der Waals surface area contributed by atoms with Gasteiger partial charge >= 0.3 is 0 Å². The largest absolute Gasteiger partial charge is 0.269 e. The Balaban J connectivity index is 2.83. The lowest BCUT2D eigenvalue weighted by Crippen LogP contribution is -2.14. The van der Waals surface area contributed by atoms with Crippen LogP contribution < -0.4 is 5.56 Å². The summed E-state index contributed by atoms with van der Waals surface area (Å²) in [6, 6.07) is 5.26. The zero-order valence-electron chi connectivity index (χ0n) is 7.08. The van der Waals surface area contributed by atoms with Crippen molar-refractivity contribution < 1.29 is 0 Å². The summed E-state index contributed by atoms with van der Waals surface area (Å²) in [5.74, 6) is 0. The molecule has 0 atom stereocenters. The third-order valence-corrected chi connectivity index (χ3v) is 3.06. The van der Waals surface area contributed by atoms with Crippen LogP contribution in [0.25, 0.3) is 5.65 Å². The van der Waals surface area contributed by atoms with Crippen molar-refractivity contribution in [2.24, 2.45) is 0 Å². The van der Waals surface area contributed by atoms with Crippen molar-refractivity contribution in [3.63, 3.8) is 0 Å². The standard InChI is InChI=1S/C9H6BrIN2O/c10-6-1-2-8-12-7(4-11)3-9(14)13(8)5-6/h1-3,5H,4H2. The second-order valence-electron chi connectivity index (χ2n) is 2.79. The minimum Gasteiger partial charge on any atom is -0.269 e. The van der Waals surface area contributed by atoms with E-state index in [1.807, 2.05) is 12.1 Å². The fourth-order valence-electron chi connectivity index (χ4n) is 1.19. The van der Waals surface area contributed by atoms with Gasteiger partial charge in [0.15, 0.2) is 0 Å². The summed E-state index contributed by atoms with van der Waals surface area (Å²) in [4.78, 5) is 15.9. The van der Waals surface area contributed by atoms with E-state index in [1.54, 1.807) is 12.3 Å². The van der Waals surface area contributed by atoms with Crippen LogP contribution in [0.1, 0.15) is 5.69 Å². The minimum absolute atomic E-state index is 0.0389. The SMILES string of the molecule is O=c1cc(CI)nc2ccc(Br)cn12. The van der Waals surface area contributed by atoms with Crippen molar-refractivity contribution >= 4 is 44.2 Å². The molecule has 3 nitrogen and oxygen atoms in total. The first kappa shape index (κ1) is 10.1. The van der Waals surface area contributed by atoms with Crippen LogP contribution in [0.4, 0.5) is 0 Å². The molecule has 0 fully saturated rings. The van der Waals surface area contributed by atoms with E-state index >= 15 is 0 Å². The lowest BCUT2D eigenvalue weighted by Gasteiger charge is -2.01. The van der Waals surface area contributed by atoms with Gasteiger partial charge in [-0.05, 0) is 28.1 Å². The van der Waals surface area contributed by atoms with E-state index in [0.29, 0.717) is 5.65 Å². The highest BCUT2D eigenvalue weighted by molar-refractivity contribution is 14.1. The van der Waals surface area contributed by atoms with E-state index in [4.69, 9.17) is 0 Å². The van der Waals surface area contributed by atoms with Crippen molar-refractivity contribution in [1.82, 2.24) is 9.38 Å². The summed E-state index contributed by atoms with van der Waals surface area (Å²) in [6.07, 6.45) is 1.72. The zero-order valence-corrected chi connectivity index (χ0v) is 10.8. The molecule has 2 aromatic heterocycles. The molecule has 0 amide bonds. The molecule has 72 valence electrons. The van der Waals surface area contributed by atoms with Gasteiger partial charge in [-0.25, -0.2) is 4.98 Å². The topological polar surface area (TPSA) is 34.4 Å². The van der Waals surface area contributed by atoms with Crippen LogP contribution in [-0.2, 0) is 4.43 Å². The number of halogens is 2. The van der Waals surface area contributed by atoms with Gasteiger partial charge in [0.1, 0.15) is 5.65 Å². The molecular weight excluding hydrogens is 359 g/mol. The molecule has 0 unspecified atom stereocenters. The van der Waals surface area contributed by atoms with E-state index in [9.17, 15) is 4.79 Å². The number of fused-ring (bicyclic) bond motifs is 1. The van der Waals surface area contributed by atoms with Gasteiger partial charge in [-0.15, -0.1) is 0 Å². The fourth-order valence-corrected chi connectivity index (χ4v) is 1.92. The molecule has 0 bridgehead atoms. The number of hydrogen-bond acceptors (Lipinski definition) is 2. The van der Waals surface area contributed by atoms with Crippen LogP contribution >= 0.6 is 38.5 Å². The van der Waals surface area contributed by atoms with Crippen molar-refractivity contribution in [1.29, 1.82) is 0 Å². The lowest BCUT2D eigenvalue weighted by molar-refractivity contribution is 1.01. The first-order valence-corrected chi connectivity index (χ1v) is 6.26. The van der Waals surface area contributed by atoms with E-state index in [2.05, 4.69) is 43.5 Å². The Morgan fingerprint density at radius 2 is 2.29 bits per heavy atom. The molecule has 2 rings (SSSR count). The maximum Gasteiger partial charge on any atom is 0.258 e. The Hall–Kier alpha value is -0.430. The Morgan fingerprint density at radius 3 is 3.00 bits per heavy atom. The van der Waals surface area contributed by atoms with Gasteiger partial charge in [0.2, 0.25) is 0 Å². The summed E-state index contributed by atoms with van der Waals surface area (Å²) in [5, 5.41) is 0. The molecule has 0 aromatic carbocycles. The lowest BCUT2D eigenvalue weighted by atomic mass is 10.4. The highest BCUT2D eigenvalue weighted by Crippen LogP contribution is 2.10. The highest BCUT2D eigenvalue weighted by Gasteiger charge is 2.00. The van der Waals surface area contributed by atoms with Crippen LogP contribution in [-0.4, -0.2) is 9.38 Å². The summed E-state index contributed by atoms with van der Waals surface area (Å²) >= 11 is 5.50. The first-order valence-electron chi connectivity index (χ1n) is 3.94. The van der Waals surface area contributed by atoms with E-state index < -0.39 is 0 Å². The third-order valence-electron chi connectivity index (χ3n) is 1.81. The predicted octanol–water partition coefficient (Wildman–Crippen LogP) is 2.39. The summed E-state index contributed by atoms with van der Waals surface area (Å²) < 4.78 is 3.15. The fraction of sp³-hybridized carbons (Fsp3) is 0.111. The molecule has 0 aliphatic heterocycles. The quantitative estimate of drug-likeness (QED) is 0.575. The summed E-state index contributed by atoms with van der Waals surface area (Å²) in [7, 11) is 0. The molecule has 0 radical (unpaired) electrons. The molecule has 0 N–H and O–H groups in total. The van der Waals surface area contributed by atoms with Crippen molar-refractivity contribution in [2.45, 2.75) is 4.43 Å². The van der Waals surface area contributed by atoms with Crippen LogP contribution in [0, 0.1) is 0 Å². The monoisotopic (exact) mass is 364 g/mol. The van der Waals surface area contributed by atoms with E-state index in [1.165, 1.54) is 4.40 Å². The molecule has 0 saturated carbocycles. The van der Waals surface area contributed by atoms with E-state index in [-0.39, 0.29) is 5.56 Å². The van der Waals surface area contributed by atoms with Crippen LogP contribution in [0.5, 0.6) is 0 Å². The number of hydrogen-bond donors (Lipinski definition) is 0. The van der Waals surface area contributed by atoms with Crippen molar-refractivity contribution in [3.05, 3.63) is 44.9 Å². The van der Waals surface area contributed by atoms with Gasteiger partial charge in [0, 0.05) is 21.2 Å². The number of aromatic nitrogens is 2. The van der Waals surface area contributed by atoms with Crippen LogP contribution in [0.2, 0.25) is 0 Å². The average molecular weight is 365 g/mol. The number of pyridine rings is 1. The zero-order chi connectivity index (χ0) is 10.1. The molecule has 2 aromatic rings. The van der Waals surface area contributed by atoms with Gasteiger partial charge in [-0.1, -0.05) is 22.6 Å². The average Bonchev–Trinajstić information content (AvgIpc) is 2.19. The highest BCUT2D eigenvalue weighted by atomic mass is 127. The molecule has 0 spiro atoms. The maximum atomic E-state index is 11.6. The van der Waals surface area contributed by atoms with Gasteiger partial charge < -0.3 is 0 Å². The van der Waals surface area contributed by atoms with Crippen molar-refractivity contribution in [3.8, 4) is 0 Å². The normalized spacial score (nSPS) is 10.7. The van der Waals surface area contributed by atoms with Gasteiger partial charge in [0.05, 0.1) is 5.69 Å². The molecule has 0 saturated heterocycles. The van der Waals surface area contributed by atoms with Gasteiger partial charge in [-0.3, -0.25) is 9.20 Å². The smallest absolute Gasteiger partial charge is 0.258 e. The first-order chi connectivity index (χ1) is 6.70. The van der Waals surface area contributed by atoms with Gasteiger partial charge in [-0.2, -0.15) is 0 Å². The number of rotatable bonds is 1. The molecule has 0 aliphatic rings. The molecule has 14 heavy (non-hydrogen) atoms. The molecule has 0 aliphatic carbocycles. The maximum absolute atomic E-state index is 11.6. The second-order valence-corrected chi connectivity index (χ2v) is 4.47. The third kappa shape index (κ3) is 1.83. The predicted molar refractivity (Wildman–Crippen MR) is 66.9 cm³/mol. The second kappa shape index (κ2) is 3.98. The Morgan fingerprint density at radius 1 is 1.50 bits per heavy atom. The summed E-state index contributed by atoms with van der Waals surface area (Å²) in [6.45, 7) is 0. The Bertz CT molecular complexity index is 538. The molecule has 5 heteroatoms. The number of alkyl halides is 1. The minimum atomic E-state index is -0.0389. The number of nitrogens with zero attached hydrogens (tertiary/aromatic N) is 2. The van der Waals surface area contributed by atoms with Crippen LogP contribution in [0.3, 0.4) is 0 Å². The molecule has 2 heterocycles. The van der Waals surface area contributed by atoms with Crippen molar-refractivity contribution in [2.75, 3.05) is 0 Å². The van der Waals surface area contributed by atoms with Gasteiger partial charge in [0.25, 0.3) is 5.56 Å². The Labute approximate surface area is 102 Å².